The fraction of sp³-hybridized carbons (Fsp3) is 0.0256. The van der Waals surface area contributed by atoms with Crippen LogP contribution in [-0.4, -0.2) is 14.4 Å². The molecule has 0 bridgehead atoms. The molecule has 0 saturated carbocycles. The zero-order valence-corrected chi connectivity index (χ0v) is 22.5. The third-order valence-electron chi connectivity index (χ3n) is 9.92. The molecule has 11 rings (SSSR count). The summed E-state index contributed by atoms with van der Waals surface area (Å²) in [6, 6.07) is 46.7. The van der Waals surface area contributed by atoms with Crippen molar-refractivity contribution in [2.45, 2.75) is 5.41 Å². The molecule has 0 saturated heterocycles. The Labute approximate surface area is 240 Å². The van der Waals surface area contributed by atoms with Crippen LogP contribution in [0.15, 0.2) is 127 Å². The summed E-state index contributed by atoms with van der Waals surface area (Å²) in [5, 5.41) is 3.67. The Kier molecular flexibility index (Phi) is 3.55. The highest BCUT2D eigenvalue weighted by atomic mass is 15.0. The van der Waals surface area contributed by atoms with Gasteiger partial charge in [-0.15, -0.1) is 0 Å². The molecule has 192 valence electrons. The van der Waals surface area contributed by atoms with Gasteiger partial charge in [-0.2, -0.15) is 0 Å². The molecule has 0 atom stereocenters. The summed E-state index contributed by atoms with van der Waals surface area (Å²) in [6.45, 7) is 0. The number of nitrogens with zero attached hydrogens (tertiary/aromatic N) is 3. The van der Waals surface area contributed by atoms with E-state index in [2.05, 4.69) is 120 Å². The van der Waals surface area contributed by atoms with Crippen LogP contribution in [0.1, 0.15) is 22.3 Å². The molecule has 0 unspecified atom stereocenters. The maximum absolute atomic E-state index is 5.21. The molecule has 3 heterocycles. The first kappa shape index (κ1) is 21.2. The summed E-state index contributed by atoms with van der Waals surface area (Å²) in [4.78, 5) is 10.3. The van der Waals surface area contributed by atoms with Gasteiger partial charge in [0.1, 0.15) is 5.52 Å². The van der Waals surface area contributed by atoms with Gasteiger partial charge >= 0.3 is 0 Å². The van der Waals surface area contributed by atoms with Gasteiger partial charge in [0, 0.05) is 16.2 Å². The minimum Gasteiger partial charge on any atom is -0.291 e. The van der Waals surface area contributed by atoms with E-state index in [-0.39, 0.29) is 5.41 Å². The molecule has 6 aromatic carbocycles. The lowest BCUT2D eigenvalue weighted by molar-refractivity contribution is 0.794. The second-order valence-electron chi connectivity index (χ2n) is 11.7. The predicted molar refractivity (Wildman–Crippen MR) is 170 cm³/mol. The minimum absolute atomic E-state index is 0.372. The van der Waals surface area contributed by atoms with Crippen molar-refractivity contribution in [3.05, 3.63) is 150 Å². The predicted octanol–water partition coefficient (Wildman–Crippen LogP) is 9.12. The molecule has 0 amide bonds. The largest absolute Gasteiger partial charge is 0.291 e. The van der Waals surface area contributed by atoms with Crippen LogP contribution in [0.4, 0.5) is 0 Å². The van der Waals surface area contributed by atoms with Crippen LogP contribution in [0.25, 0.3) is 71.6 Å². The second kappa shape index (κ2) is 7.02. The number of benzene rings is 6. The maximum Gasteiger partial charge on any atom is 0.165 e. The van der Waals surface area contributed by atoms with Gasteiger partial charge in [0.25, 0.3) is 0 Å². The molecule has 0 aliphatic heterocycles. The molecule has 2 aliphatic rings. The average molecular weight is 532 g/mol. The van der Waals surface area contributed by atoms with E-state index in [0.29, 0.717) is 0 Å². The van der Waals surface area contributed by atoms with Gasteiger partial charge in [0.15, 0.2) is 5.65 Å². The Balaban J connectivity index is 1.37. The minimum atomic E-state index is -0.372. The Morgan fingerprint density at radius 1 is 0.452 bits per heavy atom. The summed E-state index contributed by atoms with van der Waals surface area (Å²) in [6.07, 6.45) is 0. The SMILES string of the molecule is c1ccc2c(c1)-c1ccccc1C21c2ccccc2-c2cc3c4cccc5c6nc7ccccc7nc6n(c3cc21)c45. The molecule has 0 radical (unpaired) electrons. The molecule has 3 nitrogen and oxygen atoms in total. The highest BCUT2D eigenvalue weighted by Gasteiger charge is 2.51. The Hall–Kier alpha value is -5.54. The van der Waals surface area contributed by atoms with Crippen LogP contribution in [-0.2, 0) is 5.41 Å². The number of rotatable bonds is 0. The lowest BCUT2D eigenvalue weighted by Crippen LogP contribution is -2.25. The van der Waals surface area contributed by atoms with Crippen molar-refractivity contribution in [2.75, 3.05) is 0 Å². The van der Waals surface area contributed by atoms with Crippen LogP contribution >= 0.6 is 0 Å². The van der Waals surface area contributed by atoms with Crippen LogP contribution in [0.2, 0.25) is 0 Å². The second-order valence-corrected chi connectivity index (χ2v) is 11.7. The molecular formula is C39H21N3. The molecular weight excluding hydrogens is 510 g/mol. The lowest BCUT2D eigenvalue weighted by Gasteiger charge is -2.30. The summed E-state index contributed by atoms with van der Waals surface area (Å²) in [7, 11) is 0. The van der Waals surface area contributed by atoms with Crippen molar-refractivity contribution in [1.82, 2.24) is 14.4 Å². The summed E-state index contributed by atoms with van der Waals surface area (Å²) in [5.41, 5.74) is 16.5. The van der Waals surface area contributed by atoms with Crippen molar-refractivity contribution >= 4 is 49.4 Å². The Bertz CT molecular complexity index is 2600. The standard InChI is InChI=1S/C39H21N3/c1-4-15-29-22(10-1)23-11-2-5-16-30(23)39(29)31-17-6-3-12-24(31)27-20-28-25-13-9-14-26-36-38(41-34-19-8-7-18-33(34)40-36)42(37(25)26)35(28)21-32(27)39/h1-21H. The number of aromatic nitrogens is 3. The van der Waals surface area contributed by atoms with Gasteiger partial charge in [0.05, 0.1) is 27.5 Å². The quantitative estimate of drug-likeness (QED) is 0.195. The summed E-state index contributed by atoms with van der Waals surface area (Å²) < 4.78 is 2.37. The van der Waals surface area contributed by atoms with E-state index in [1.54, 1.807) is 0 Å². The first-order valence-corrected chi connectivity index (χ1v) is 14.5. The van der Waals surface area contributed by atoms with Gasteiger partial charge in [-0.25, -0.2) is 9.97 Å². The first-order valence-electron chi connectivity index (χ1n) is 14.5. The van der Waals surface area contributed by atoms with E-state index in [9.17, 15) is 0 Å². The van der Waals surface area contributed by atoms with E-state index < -0.39 is 0 Å². The number of hydrogen-bond acceptors (Lipinski definition) is 2. The van der Waals surface area contributed by atoms with Gasteiger partial charge in [-0.05, 0) is 68.8 Å². The number of hydrogen-bond donors (Lipinski definition) is 0. The van der Waals surface area contributed by atoms with Gasteiger partial charge < -0.3 is 0 Å². The third kappa shape index (κ3) is 2.20. The van der Waals surface area contributed by atoms with Crippen LogP contribution in [0.3, 0.4) is 0 Å². The van der Waals surface area contributed by atoms with E-state index in [0.717, 1.165) is 27.6 Å². The normalized spacial score (nSPS) is 14.4. The Morgan fingerprint density at radius 2 is 1.02 bits per heavy atom. The summed E-state index contributed by atoms with van der Waals surface area (Å²) >= 11 is 0. The van der Waals surface area contributed by atoms with Gasteiger partial charge in [-0.3, -0.25) is 4.40 Å². The molecule has 0 fully saturated rings. The molecule has 3 aromatic heterocycles. The van der Waals surface area contributed by atoms with Crippen molar-refractivity contribution in [3.63, 3.8) is 0 Å². The highest BCUT2D eigenvalue weighted by molar-refractivity contribution is 6.23. The number of para-hydroxylation sites is 3. The average Bonchev–Trinajstić information content (AvgIpc) is 3.74. The first-order chi connectivity index (χ1) is 20.8. The topological polar surface area (TPSA) is 30.2 Å². The van der Waals surface area contributed by atoms with Crippen LogP contribution in [0.5, 0.6) is 0 Å². The molecule has 1 spiro atoms. The van der Waals surface area contributed by atoms with Crippen molar-refractivity contribution in [1.29, 1.82) is 0 Å². The van der Waals surface area contributed by atoms with Crippen LogP contribution < -0.4 is 0 Å². The monoisotopic (exact) mass is 531 g/mol. The van der Waals surface area contributed by atoms with Gasteiger partial charge in [0.2, 0.25) is 0 Å². The fourth-order valence-corrected chi connectivity index (χ4v) is 8.39. The molecule has 42 heavy (non-hydrogen) atoms. The van der Waals surface area contributed by atoms with Crippen molar-refractivity contribution in [3.8, 4) is 22.3 Å². The van der Waals surface area contributed by atoms with E-state index in [1.165, 1.54) is 66.3 Å². The summed E-state index contributed by atoms with van der Waals surface area (Å²) in [5.74, 6) is 0. The zero-order valence-electron chi connectivity index (χ0n) is 22.5. The van der Waals surface area contributed by atoms with E-state index in [1.807, 2.05) is 12.1 Å². The Morgan fingerprint density at radius 3 is 1.71 bits per heavy atom. The van der Waals surface area contributed by atoms with E-state index >= 15 is 0 Å². The fourth-order valence-electron chi connectivity index (χ4n) is 8.39. The maximum atomic E-state index is 5.21. The molecule has 2 aliphatic carbocycles. The molecule has 9 aromatic rings. The smallest absolute Gasteiger partial charge is 0.165 e. The number of fused-ring (bicyclic) bond motifs is 17. The van der Waals surface area contributed by atoms with Crippen molar-refractivity contribution < 1.29 is 0 Å². The van der Waals surface area contributed by atoms with Crippen LogP contribution in [0, 0.1) is 0 Å². The van der Waals surface area contributed by atoms with Crippen molar-refractivity contribution in [2.24, 2.45) is 0 Å². The third-order valence-corrected chi connectivity index (χ3v) is 9.92. The van der Waals surface area contributed by atoms with Gasteiger partial charge in [-0.1, -0.05) is 103 Å². The molecule has 0 N–H and O–H groups in total. The zero-order chi connectivity index (χ0) is 27.2. The highest BCUT2D eigenvalue weighted by Crippen LogP contribution is 2.63. The molecule has 3 heteroatoms. The lowest BCUT2D eigenvalue weighted by atomic mass is 9.70. The van der Waals surface area contributed by atoms with E-state index in [4.69, 9.17) is 9.97 Å².